The first-order valence-corrected chi connectivity index (χ1v) is 7.28. The first kappa shape index (κ1) is 17.9. The number of aliphatic imine (C=N–C) groups is 1. The number of hydrogen-bond acceptors (Lipinski definition) is 5. The number of halogens is 3. The highest BCUT2D eigenvalue weighted by Crippen LogP contribution is 2.18. The molecule has 0 radical (unpaired) electrons. The lowest BCUT2D eigenvalue weighted by atomic mass is 10.3. The lowest BCUT2D eigenvalue weighted by Crippen LogP contribution is -2.40. The lowest BCUT2D eigenvalue weighted by molar-refractivity contribution is -0.122. The molecule has 1 heterocycles. The summed E-state index contributed by atoms with van der Waals surface area (Å²) >= 11 is 1.41. The van der Waals surface area contributed by atoms with Gasteiger partial charge in [0, 0.05) is 17.7 Å². The van der Waals surface area contributed by atoms with Gasteiger partial charge in [0.25, 0.3) is 0 Å². The average Bonchev–Trinajstić information content (AvgIpc) is 2.45. The summed E-state index contributed by atoms with van der Waals surface area (Å²) in [6.45, 7) is -1.05. The number of aromatic nitrogens is 1. The molecule has 6 nitrogen and oxygen atoms in total. The average molecular weight is 333 g/mol. The molecular formula is C12H14F3N5OS. The molecule has 0 saturated heterocycles. The predicted octanol–water partition coefficient (Wildman–Crippen LogP) is 1.60. The third-order valence-corrected chi connectivity index (χ3v) is 3.19. The molecule has 0 aliphatic carbocycles. The monoisotopic (exact) mass is 333 g/mol. The molecule has 0 aromatic carbocycles. The van der Waals surface area contributed by atoms with E-state index in [1.807, 2.05) is 5.32 Å². The van der Waals surface area contributed by atoms with Crippen LogP contribution >= 0.6 is 11.8 Å². The Balaban J connectivity index is 2.35. The Labute approximate surface area is 129 Å². The van der Waals surface area contributed by atoms with Crippen LogP contribution < -0.4 is 10.6 Å². The highest BCUT2D eigenvalue weighted by atomic mass is 32.2. The van der Waals surface area contributed by atoms with Gasteiger partial charge < -0.3 is 10.4 Å². The van der Waals surface area contributed by atoms with E-state index in [1.165, 1.54) is 24.0 Å². The predicted molar refractivity (Wildman–Crippen MR) is 77.2 cm³/mol. The van der Waals surface area contributed by atoms with E-state index in [-0.39, 0.29) is 18.3 Å². The van der Waals surface area contributed by atoms with Crippen LogP contribution in [0, 0.1) is 11.5 Å². The van der Waals surface area contributed by atoms with Crippen LogP contribution in [0.2, 0.25) is 0 Å². The Bertz CT molecular complexity index is 544. The van der Waals surface area contributed by atoms with Crippen LogP contribution in [0.4, 0.5) is 13.2 Å². The molecular weight excluding hydrogens is 319 g/mol. The molecule has 22 heavy (non-hydrogen) atoms. The Kier molecular flexibility index (Phi) is 7.31. The van der Waals surface area contributed by atoms with E-state index in [2.05, 4.69) is 15.3 Å². The zero-order chi connectivity index (χ0) is 16.4. The number of alkyl halides is 3. The molecule has 0 fully saturated rings. The Morgan fingerprint density at radius 1 is 1.50 bits per heavy atom. The molecule has 0 atom stereocenters. The summed E-state index contributed by atoms with van der Waals surface area (Å²) in [7, 11) is 0. The summed E-state index contributed by atoms with van der Waals surface area (Å²) in [5.41, 5.74) is 0.530. The summed E-state index contributed by atoms with van der Waals surface area (Å²) < 4.78 is 36.2. The smallest absolute Gasteiger partial charge is 0.405 e. The summed E-state index contributed by atoms with van der Waals surface area (Å²) in [5, 5.41) is 22.0. The van der Waals surface area contributed by atoms with Crippen molar-refractivity contribution in [2.24, 2.45) is 4.99 Å². The molecule has 0 unspecified atom stereocenters. The number of pyridine rings is 1. The van der Waals surface area contributed by atoms with Crippen LogP contribution in [-0.4, -0.2) is 41.1 Å². The van der Waals surface area contributed by atoms with Crippen LogP contribution in [0.25, 0.3) is 0 Å². The zero-order valence-electron chi connectivity index (χ0n) is 11.4. The van der Waals surface area contributed by atoms with E-state index in [0.717, 1.165) is 0 Å². The van der Waals surface area contributed by atoms with E-state index < -0.39 is 12.7 Å². The van der Waals surface area contributed by atoms with Crippen molar-refractivity contribution in [3.8, 4) is 11.9 Å². The quantitative estimate of drug-likeness (QED) is 0.241. The molecule has 1 aromatic heterocycles. The van der Waals surface area contributed by atoms with E-state index in [9.17, 15) is 18.3 Å². The number of thioether (sulfide) groups is 1. The Morgan fingerprint density at radius 2 is 2.27 bits per heavy atom. The van der Waals surface area contributed by atoms with Gasteiger partial charge in [-0.05, 0) is 12.1 Å². The van der Waals surface area contributed by atoms with Gasteiger partial charge in [0.05, 0.1) is 12.2 Å². The fourth-order valence-electron chi connectivity index (χ4n) is 1.31. The highest BCUT2D eigenvalue weighted by molar-refractivity contribution is 7.98. The highest BCUT2D eigenvalue weighted by Gasteiger charge is 2.27. The Hall–Kier alpha value is -2.15. The van der Waals surface area contributed by atoms with Gasteiger partial charge in [-0.3, -0.25) is 15.3 Å². The van der Waals surface area contributed by atoms with Gasteiger partial charge in [0.2, 0.25) is 5.96 Å². The molecule has 120 valence electrons. The van der Waals surface area contributed by atoms with Gasteiger partial charge in [-0.15, -0.1) is 0 Å². The normalized spacial score (nSPS) is 11.8. The fourth-order valence-corrected chi connectivity index (χ4v) is 2.09. The number of aromatic hydroxyl groups is 1. The molecule has 3 N–H and O–H groups in total. The standard InChI is InChI=1S/C12H14F3N5OS/c13-12(14,15)7-19-11(20-8-16)18-4-5-22-6-9-10(21)2-1-3-17-9/h1-3,21H,4-7H2,(H2,18,19,20). The van der Waals surface area contributed by atoms with Crippen LogP contribution in [0.3, 0.4) is 0 Å². The first-order valence-electron chi connectivity index (χ1n) is 6.13. The van der Waals surface area contributed by atoms with Crippen molar-refractivity contribution in [2.45, 2.75) is 11.9 Å². The molecule has 0 aliphatic rings. The van der Waals surface area contributed by atoms with Gasteiger partial charge in [0.1, 0.15) is 12.3 Å². The van der Waals surface area contributed by atoms with Crippen molar-refractivity contribution in [2.75, 3.05) is 18.8 Å². The van der Waals surface area contributed by atoms with Crippen molar-refractivity contribution in [1.82, 2.24) is 15.6 Å². The summed E-state index contributed by atoms with van der Waals surface area (Å²) in [5.74, 6) is 0.831. The van der Waals surface area contributed by atoms with Crippen LogP contribution in [0.5, 0.6) is 5.75 Å². The largest absolute Gasteiger partial charge is 0.506 e. The topological polar surface area (TPSA) is 93.3 Å². The summed E-state index contributed by atoms with van der Waals surface area (Å²) in [4.78, 5) is 7.84. The Morgan fingerprint density at radius 3 is 2.91 bits per heavy atom. The minimum Gasteiger partial charge on any atom is -0.506 e. The van der Waals surface area contributed by atoms with E-state index in [1.54, 1.807) is 12.3 Å². The second-order valence-corrected chi connectivity index (χ2v) is 5.06. The van der Waals surface area contributed by atoms with Crippen molar-refractivity contribution in [3.63, 3.8) is 0 Å². The van der Waals surface area contributed by atoms with Gasteiger partial charge in [-0.25, -0.2) is 0 Å². The maximum atomic E-state index is 12.1. The second kappa shape index (κ2) is 8.99. The third-order valence-electron chi connectivity index (χ3n) is 2.24. The van der Waals surface area contributed by atoms with Crippen molar-refractivity contribution in [3.05, 3.63) is 24.0 Å². The van der Waals surface area contributed by atoms with Crippen molar-refractivity contribution < 1.29 is 18.3 Å². The molecule has 0 saturated carbocycles. The van der Waals surface area contributed by atoms with Crippen LogP contribution in [0.15, 0.2) is 23.3 Å². The van der Waals surface area contributed by atoms with Gasteiger partial charge >= 0.3 is 6.18 Å². The maximum absolute atomic E-state index is 12.1. The van der Waals surface area contributed by atoms with Gasteiger partial charge in [-0.2, -0.15) is 30.2 Å². The number of nitrogens with zero attached hydrogens (tertiary/aromatic N) is 3. The second-order valence-electron chi connectivity index (χ2n) is 3.96. The van der Waals surface area contributed by atoms with E-state index >= 15 is 0 Å². The number of nitrogens with one attached hydrogen (secondary N) is 2. The van der Waals surface area contributed by atoms with E-state index in [0.29, 0.717) is 17.2 Å². The minimum atomic E-state index is -4.39. The SMILES string of the molecule is N#CN/C(=N\CCSCc1ncccc1O)NCC(F)(F)F. The lowest BCUT2D eigenvalue weighted by Gasteiger charge is -2.10. The molecule has 0 aliphatic heterocycles. The molecule has 1 aromatic rings. The van der Waals surface area contributed by atoms with Crippen LogP contribution in [0.1, 0.15) is 5.69 Å². The number of hydrogen-bond donors (Lipinski definition) is 3. The van der Waals surface area contributed by atoms with Gasteiger partial charge in [0.15, 0.2) is 6.19 Å². The molecule has 0 spiro atoms. The summed E-state index contributed by atoms with van der Waals surface area (Å²) in [6, 6.07) is 3.14. The van der Waals surface area contributed by atoms with Crippen molar-refractivity contribution >= 4 is 17.7 Å². The maximum Gasteiger partial charge on any atom is 0.405 e. The minimum absolute atomic E-state index is 0.0946. The van der Waals surface area contributed by atoms with Crippen molar-refractivity contribution in [1.29, 1.82) is 5.26 Å². The molecule has 1 rings (SSSR count). The summed E-state index contributed by atoms with van der Waals surface area (Å²) in [6.07, 6.45) is -1.31. The fraction of sp³-hybridized carbons (Fsp3) is 0.417. The first-order chi connectivity index (χ1) is 10.4. The molecule has 0 bridgehead atoms. The number of nitriles is 1. The molecule has 0 amide bonds. The van der Waals surface area contributed by atoms with Crippen LogP contribution in [-0.2, 0) is 5.75 Å². The zero-order valence-corrected chi connectivity index (χ0v) is 12.2. The number of guanidine groups is 1. The number of rotatable bonds is 6. The van der Waals surface area contributed by atoms with E-state index in [4.69, 9.17) is 5.26 Å². The van der Waals surface area contributed by atoms with Gasteiger partial charge in [-0.1, -0.05) is 0 Å². The third kappa shape index (κ3) is 7.58. The molecule has 10 heteroatoms.